The number of hydrogen-bond donors (Lipinski definition) is 1. The minimum atomic E-state index is -3.31. The van der Waals surface area contributed by atoms with Gasteiger partial charge >= 0.3 is 0 Å². The molecule has 6 nitrogen and oxygen atoms in total. The van der Waals surface area contributed by atoms with Crippen LogP contribution in [0, 0.1) is 0 Å². The third-order valence-corrected chi connectivity index (χ3v) is 6.11. The Morgan fingerprint density at radius 2 is 1.83 bits per heavy atom. The van der Waals surface area contributed by atoms with Crippen molar-refractivity contribution in [3.63, 3.8) is 0 Å². The third kappa shape index (κ3) is 4.25. The SMILES string of the molecule is CS(=O)(=O)c1cnc(N2CCCCCCC2)nc1C1CCCNC1. The molecule has 1 aromatic rings. The monoisotopic (exact) mass is 352 g/mol. The molecule has 1 atom stereocenters. The van der Waals surface area contributed by atoms with Crippen molar-refractivity contribution >= 4 is 15.8 Å². The molecule has 0 spiro atoms. The maximum absolute atomic E-state index is 12.2. The Bertz CT molecular complexity index is 649. The van der Waals surface area contributed by atoms with E-state index in [0.717, 1.165) is 51.9 Å². The van der Waals surface area contributed by atoms with Crippen molar-refractivity contribution in [1.82, 2.24) is 15.3 Å². The molecule has 3 heterocycles. The molecular weight excluding hydrogens is 324 g/mol. The second-order valence-corrected chi connectivity index (χ2v) is 8.97. The van der Waals surface area contributed by atoms with Gasteiger partial charge in [-0.2, -0.15) is 0 Å². The van der Waals surface area contributed by atoms with Crippen LogP contribution in [0.25, 0.3) is 0 Å². The minimum absolute atomic E-state index is 0.153. The third-order valence-electron chi connectivity index (χ3n) is 4.99. The van der Waals surface area contributed by atoms with Crippen molar-refractivity contribution < 1.29 is 8.42 Å². The van der Waals surface area contributed by atoms with Gasteiger partial charge in [-0.15, -0.1) is 0 Å². The van der Waals surface area contributed by atoms with Crippen LogP contribution in [-0.4, -0.2) is 50.8 Å². The summed E-state index contributed by atoms with van der Waals surface area (Å²) in [6.07, 6.45) is 10.9. The fourth-order valence-electron chi connectivity index (χ4n) is 3.64. The average Bonchev–Trinajstić information content (AvgIpc) is 2.54. The number of anilines is 1. The lowest BCUT2D eigenvalue weighted by Gasteiger charge is -2.28. The highest BCUT2D eigenvalue weighted by Gasteiger charge is 2.26. The second-order valence-electron chi connectivity index (χ2n) is 6.99. The predicted molar refractivity (Wildman–Crippen MR) is 95.3 cm³/mol. The summed E-state index contributed by atoms with van der Waals surface area (Å²) in [5, 5.41) is 3.36. The zero-order valence-corrected chi connectivity index (χ0v) is 15.3. The number of nitrogens with one attached hydrogen (secondary N) is 1. The highest BCUT2D eigenvalue weighted by atomic mass is 32.2. The fourth-order valence-corrected chi connectivity index (χ4v) is 4.47. The maximum Gasteiger partial charge on any atom is 0.225 e. The normalized spacial score (nSPS) is 23.5. The van der Waals surface area contributed by atoms with Gasteiger partial charge in [0.05, 0.1) is 11.9 Å². The summed E-state index contributed by atoms with van der Waals surface area (Å²) in [6.45, 7) is 3.70. The molecule has 1 N–H and O–H groups in total. The van der Waals surface area contributed by atoms with Crippen molar-refractivity contribution in [2.24, 2.45) is 0 Å². The van der Waals surface area contributed by atoms with Gasteiger partial charge in [-0.05, 0) is 32.2 Å². The van der Waals surface area contributed by atoms with E-state index in [1.807, 2.05) is 0 Å². The van der Waals surface area contributed by atoms with Gasteiger partial charge < -0.3 is 10.2 Å². The van der Waals surface area contributed by atoms with Crippen LogP contribution in [0.4, 0.5) is 5.95 Å². The molecule has 0 saturated carbocycles. The average molecular weight is 353 g/mol. The highest BCUT2D eigenvalue weighted by molar-refractivity contribution is 7.90. The molecule has 0 bridgehead atoms. The quantitative estimate of drug-likeness (QED) is 0.898. The molecule has 3 rings (SSSR count). The van der Waals surface area contributed by atoms with E-state index in [2.05, 4.69) is 15.2 Å². The number of piperidine rings is 1. The molecule has 0 aliphatic carbocycles. The lowest BCUT2D eigenvalue weighted by atomic mass is 9.96. The molecule has 0 aromatic carbocycles. The lowest BCUT2D eigenvalue weighted by molar-refractivity contribution is 0.447. The summed E-state index contributed by atoms with van der Waals surface area (Å²) in [4.78, 5) is 11.7. The van der Waals surface area contributed by atoms with Crippen molar-refractivity contribution in [2.45, 2.75) is 55.8 Å². The Morgan fingerprint density at radius 1 is 1.12 bits per heavy atom. The number of sulfone groups is 1. The van der Waals surface area contributed by atoms with Crippen LogP contribution in [0.1, 0.15) is 56.6 Å². The molecule has 0 radical (unpaired) electrons. The van der Waals surface area contributed by atoms with Crippen molar-refractivity contribution in [2.75, 3.05) is 37.3 Å². The summed E-state index contributed by atoms with van der Waals surface area (Å²) < 4.78 is 24.3. The van der Waals surface area contributed by atoms with Crippen LogP contribution in [0.3, 0.4) is 0 Å². The summed E-state index contributed by atoms with van der Waals surface area (Å²) in [5.74, 6) is 0.852. The van der Waals surface area contributed by atoms with E-state index in [-0.39, 0.29) is 5.92 Å². The maximum atomic E-state index is 12.2. The molecule has 2 aliphatic heterocycles. The van der Waals surface area contributed by atoms with Gasteiger partial charge in [0.25, 0.3) is 0 Å². The molecule has 7 heteroatoms. The largest absolute Gasteiger partial charge is 0.341 e. The number of nitrogens with zero attached hydrogens (tertiary/aromatic N) is 3. The van der Waals surface area contributed by atoms with E-state index < -0.39 is 9.84 Å². The van der Waals surface area contributed by atoms with Gasteiger partial charge in [0.1, 0.15) is 4.90 Å². The fraction of sp³-hybridized carbons (Fsp3) is 0.765. The number of hydrogen-bond acceptors (Lipinski definition) is 6. The zero-order chi connectivity index (χ0) is 17.0. The number of aromatic nitrogens is 2. The Hall–Kier alpha value is -1.21. The Morgan fingerprint density at radius 3 is 2.46 bits per heavy atom. The molecule has 1 aromatic heterocycles. The summed E-state index contributed by atoms with van der Waals surface area (Å²) >= 11 is 0. The van der Waals surface area contributed by atoms with Gasteiger partial charge in [0.15, 0.2) is 9.84 Å². The number of rotatable bonds is 3. The first-order valence-corrected chi connectivity index (χ1v) is 11.0. The van der Waals surface area contributed by atoms with E-state index in [0.29, 0.717) is 16.5 Å². The first-order valence-electron chi connectivity index (χ1n) is 9.08. The van der Waals surface area contributed by atoms with Crippen LogP contribution in [-0.2, 0) is 9.84 Å². The van der Waals surface area contributed by atoms with Crippen molar-refractivity contribution in [1.29, 1.82) is 0 Å². The Labute approximate surface area is 145 Å². The van der Waals surface area contributed by atoms with Crippen molar-refractivity contribution in [3.8, 4) is 0 Å². The first kappa shape index (κ1) is 17.6. The molecule has 0 amide bonds. The van der Waals surface area contributed by atoms with Crippen LogP contribution >= 0.6 is 0 Å². The van der Waals surface area contributed by atoms with Crippen LogP contribution < -0.4 is 10.2 Å². The summed E-state index contributed by atoms with van der Waals surface area (Å²) in [7, 11) is -3.31. The smallest absolute Gasteiger partial charge is 0.225 e. The first-order chi connectivity index (χ1) is 11.6. The van der Waals surface area contributed by atoms with Gasteiger partial charge in [-0.3, -0.25) is 0 Å². The van der Waals surface area contributed by atoms with Gasteiger partial charge in [0.2, 0.25) is 5.95 Å². The van der Waals surface area contributed by atoms with E-state index in [9.17, 15) is 8.42 Å². The summed E-state index contributed by atoms with van der Waals surface area (Å²) in [5.41, 5.74) is 0.705. The molecule has 24 heavy (non-hydrogen) atoms. The standard InChI is InChI=1S/C17H28N4O2S/c1-24(22,23)15-13-19-17(21-10-5-3-2-4-6-11-21)20-16(15)14-8-7-9-18-12-14/h13-14,18H,2-12H2,1H3. The van der Waals surface area contributed by atoms with Crippen LogP contribution in [0.15, 0.2) is 11.1 Å². The van der Waals surface area contributed by atoms with E-state index in [1.54, 1.807) is 0 Å². The van der Waals surface area contributed by atoms with E-state index in [1.165, 1.54) is 31.7 Å². The van der Waals surface area contributed by atoms with Crippen molar-refractivity contribution in [3.05, 3.63) is 11.9 Å². The van der Waals surface area contributed by atoms with Crippen LogP contribution in [0.5, 0.6) is 0 Å². The topological polar surface area (TPSA) is 75.2 Å². The highest BCUT2D eigenvalue weighted by Crippen LogP contribution is 2.29. The van der Waals surface area contributed by atoms with E-state index in [4.69, 9.17) is 4.98 Å². The molecule has 2 aliphatic rings. The van der Waals surface area contributed by atoms with Gasteiger partial charge in [-0.1, -0.05) is 19.3 Å². The van der Waals surface area contributed by atoms with Gasteiger partial charge in [-0.25, -0.2) is 18.4 Å². The minimum Gasteiger partial charge on any atom is -0.341 e. The Kier molecular flexibility index (Phi) is 5.71. The molecule has 1 unspecified atom stereocenters. The second kappa shape index (κ2) is 7.78. The Balaban J connectivity index is 1.93. The molecule has 2 saturated heterocycles. The predicted octanol–water partition coefficient (Wildman–Crippen LogP) is 2.12. The van der Waals surface area contributed by atoms with E-state index >= 15 is 0 Å². The molecule has 134 valence electrons. The lowest BCUT2D eigenvalue weighted by Crippen LogP contribution is -2.32. The zero-order valence-electron chi connectivity index (χ0n) is 14.5. The van der Waals surface area contributed by atoms with Crippen LogP contribution in [0.2, 0.25) is 0 Å². The van der Waals surface area contributed by atoms with Gasteiger partial charge in [0, 0.05) is 31.8 Å². The summed E-state index contributed by atoms with van der Waals surface area (Å²) in [6, 6.07) is 0. The molecule has 2 fully saturated rings. The molecular formula is C17H28N4O2S.